The minimum Gasteiger partial charge on any atom is -0.317 e. The zero-order valence-corrected chi connectivity index (χ0v) is 18.8. The van der Waals surface area contributed by atoms with Crippen LogP contribution in [-0.2, 0) is 4.79 Å². The van der Waals surface area contributed by atoms with E-state index in [1.807, 2.05) is 38.3 Å². The average molecular weight is 446 g/mol. The van der Waals surface area contributed by atoms with Crippen LogP contribution in [0.1, 0.15) is 17.0 Å². The highest BCUT2D eigenvalue weighted by Crippen LogP contribution is 2.33. The number of amides is 1. The molecule has 0 radical (unpaired) electrons. The van der Waals surface area contributed by atoms with Gasteiger partial charge in [0.2, 0.25) is 5.17 Å². The lowest BCUT2D eigenvalue weighted by Crippen LogP contribution is -2.35. The molecule has 0 bridgehead atoms. The Labute approximate surface area is 188 Å². The van der Waals surface area contributed by atoms with Gasteiger partial charge in [-0.25, -0.2) is 0 Å². The van der Waals surface area contributed by atoms with Crippen molar-refractivity contribution in [2.24, 2.45) is 10.1 Å². The highest BCUT2D eigenvalue weighted by molar-refractivity contribution is 8.45. The quantitative estimate of drug-likeness (QED) is 0.551. The summed E-state index contributed by atoms with van der Waals surface area (Å²) in [6.45, 7) is 4.08. The fourth-order valence-electron chi connectivity index (χ4n) is 3.92. The van der Waals surface area contributed by atoms with Crippen molar-refractivity contribution >= 4 is 61.7 Å². The molecular formula is C23H19N5OS2. The van der Waals surface area contributed by atoms with Crippen molar-refractivity contribution in [2.75, 3.05) is 6.26 Å². The summed E-state index contributed by atoms with van der Waals surface area (Å²) >= 11 is 2.79. The van der Waals surface area contributed by atoms with Crippen LogP contribution in [0.5, 0.6) is 0 Å². The number of rotatable bonds is 2. The number of fused-ring (bicyclic) bond motifs is 2. The van der Waals surface area contributed by atoms with Crippen molar-refractivity contribution in [3.05, 3.63) is 71.1 Å². The first-order chi connectivity index (χ1) is 15.0. The second-order valence-electron chi connectivity index (χ2n) is 7.25. The van der Waals surface area contributed by atoms with Gasteiger partial charge in [0.15, 0.2) is 10.2 Å². The van der Waals surface area contributed by atoms with Gasteiger partial charge >= 0.3 is 0 Å². The number of nitrogens with zero attached hydrogens (tertiary/aromatic N) is 4. The molecule has 8 heteroatoms. The predicted octanol–water partition coefficient (Wildman–Crippen LogP) is 5.19. The predicted molar refractivity (Wildman–Crippen MR) is 131 cm³/mol. The maximum absolute atomic E-state index is 12.7. The Morgan fingerprint density at radius 1 is 1.13 bits per heavy atom. The summed E-state index contributed by atoms with van der Waals surface area (Å²) in [5.74, 6) is -0.349. The van der Waals surface area contributed by atoms with Crippen LogP contribution in [0.25, 0.3) is 22.5 Å². The summed E-state index contributed by atoms with van der Waals surface area (Å²) in [5, 5.41) is 17.1. The van der Waals surface area contributed by atoms with Gasteiger partial charge in [0, 0.05) is 16.8 Å². The van der Waals surface area contributed by atoms with Crippen LogP contribution in [0.3, 0.4) is 0 Å². The normalized spacial score (nSPS) is 17.4. The van der Waals surface area contributed by atoms with Crippen LogP contribution >= 0.6 is 23.5 Å². The van der Waals surface area contributed by atoms with Gasteiger partial charge in [-0.3, -0.25) is 10.2 Å². The molecule has 1 amide bonds. The lowest BCUT2D eigenvalue weighted by atomic mass is 10.1. The van der Waals surface area contributed by atoms with Crippen molar-refractivity contribution < 1.29 is 4.79 Å². The third-order valence-electron chi connectivity index (χ3n) is 5.39. The summed E-state index contributed by atoms with van der Waals surface area (Å²) in [5.41, 5.74) is 4.28. The summed E-state index contributed by atoms with van der Waals surface area (Å²) in [4.78, 5) is 16.8. The van der Waals surface area contributed by atoms with Crippen molar-refractivity contribution in [1.82, 2.24) is 9.58 Å². The number of carbonyl (C=O) groups is 1. The smallest absolute Gasteiger partial charge is 0.283 e. The molecule has 5 rings (SSSR count). The van der Waals surface area contributed by atoms with Gasteiger partial charge < -0.3 is 4.57 Å². The first kappa shape index (κ1) is 19.8. The molecule has 0 saturated carbocycles. The van der Waals surface area contributed by atoms with E-state index in [1.165, 1.54) is 33.9 Å². The summed E-state index contributed by atoms with van der Waals surface area (Å²) < 4.78 is 2.96. The minimum absolute atomic E-state index is 0.0570. The Bertz CT molecular complexity index is 1360. The molecule has 0 unspecified atom stereocenters. The molecule has 2 aromatic carbocycles. The van der Waals surface area contributed by atoms with Crippen LogP contribution in [0.2, 0.25) is 0 Å². The molecular weight excluding hydrogens is 426 g/mol. The monoisotopic (exact) mass is 445 g/mol. The van der Waals surface area contributed by atoms with Crippen LogP contribution in [0.4, 0.5) is 0 Å². The number of aliphatic imine (C=N–C) groups is 1. The maximum atomic E-state index is 12.7. The fourth-order valence-corrected chi connectivity index (χ4v) is 5.27. The van der Waals surface area contributed by atoms with E-state index in [2.05, 4.69) is 45.0 Å². The van der Waals surface area contributed by atoms with Crippen LogP contribution < -0.4 is 0 Å². The summed E-state index contributed by atoms with van der Waals surface area (Å²) in [6.07, 6.45) is 3.67. The van der Waals surface area contributed by atoms with Crippen molar-refractivity contribution in [3.8, 4) is 5.69 Å². The number of carbonyl (C=O) groups excluding carboxylic acids is 1. The molecule has 1 N–H and O–H groups in total. The highest BCUT2D eigenvalue weighted by Gasteiger charge is 2.35. The molecule has 3 aromatic rings. The van der Waals surface area contributed by atoms with E-state index in [4.69, 9.17) is 5.41 Å². The average Bonchev–Trinajstić information content (AvgIpc) is 3.31. The van der Waals surface area contributed by atoms with Gasteiger partial charge in [0.05, 0.1) is 11.3 Å². The molecule has 0 fully saturated rings. The fraction of sp³-hybridized carbons (Fsp3) is 0.130. The molecule has 0 saturated heterocycles. The van der Waals surface area contributed by atoms with E-state index >= 15 is 0 Å². The number of hydrogen-bond acceptors (Lipinski definition) is 5. The number of aryl methyl sites for hydroxylation is 1. The van der Waals surface area contributed by atoms with E-state index in [-0.39, 0.29) is 11.4 Å². The number of nitrogens with one attached hydrogen (secondary N) is 1. The zero-order chi connectivity index (χ0) is 21.7. The Morgan fingerprint density at radius 3 is 2.71 bits per heavy atom. The summed E-state index contributed by atoms with van der Waals surface area (Å²) in [6, 6.07) is 16.6. The van der Waals surface area contributed by atoms with Crippen molar-refractivity contribution in [2.45, 2.75) is 13.8 Å². The maximum Gasteiger partial charge on any atom is 0.283 e. The van der Waals surface area contributed by atoms with E-state index < -0.39 is 5.91 Å². The van der Waals surface area contributed by atoms with Gasteiger partial charge in [-0.15, -0.1) is 16.9 Å². The number of thioether (sulfide) groups is 2. The standard InChI is InChI=1S/C23H19N5OS2/c1-13-11-16(12-18-20(24)28-22(25-21(18)29)31-23(26-28)30-3)14(2)27(13)19-10-6-8-15-7-4-5-9-17(15)19/h4-12,24H,1-3H3/b18-12+,24-20?. The molecule has 2 aliphatic rings. The van der Waals surface area contributed by atoms with Gasteiger partial charge in [0.1, 0.15) is 0 Å². The zero-order valence-electron chi connectivity index (χ0n) is 17.2. The first-order valence-corrected chi connectivity index (χ1v) is 11.7. The van der Waals surface area contributed by atoms with Crippen molar-refractivity contribution in [1.29, 1.82) is 5.41 Å². The molecule has 3 heterocycles. The van der Waals surface area contributed by atoms with Gasteiger partial charge in [0.25, 0.3) is 5.91 Å². The molecule has 154 valence electrons. The van der Waals surface area contributed by atoms with Crippen LogP contribution in [-0.4, -0.2) is 37.1 Å². The van der Waals surface area contributed by atoms with Gasteiger partial charge in [-0.1, -0.05) is 36.4 Å². The Kier molecular flexibility index (Phi) is 4.83. The largest absolute Gasteiger partial charge is 0.317 e. The van der Waals surface area contributed by atoms with E-state index in [1.54, 1.807) is 6.08 Å². The molecule has 0 aliphatic carbocycles. The number of amidine groups is 2. The van der Waals surface area contributed by atoms with Crippen LogP contribution in [0.15, 0.2) is 64.2 Å². The third kappa shape index (κ3) is 3.23. The highest BCUT2D eigenvalue weighted by atomic mass is 32.2. The summed E-state index contributed by atoms with van der Waals surface area (Å²) in [7, 11) is 0. The van der Waals surface area contributed by atoms with Gasteiger partial charge in [-0.2, -0.15) is 10.0 Å². The van der Waals surface area contributed by atoms with E-state index in [9.17, 15) is 4.79 Å². The number of hydrogen-bond donors (Lipinski definition) is 1. The number of hydrazone groups is 1. The Morgan fingerprint density at radius 2 is 1.90 bits per heavy atom. The lowest BCUT2D eigenvalue weighted by Gasteiger charge is -2.20. The van der Waals surface area contributed by atoms with Gasteiger partial charge in [-0.05, 0) is 61.0 Å². The topological polar surface area (TPSA) is 73.8 Å². The number of benzene rings is 2. The van der Waals surface area contributed by atoms with Crippen LogP contribution in [0, 0.1) is 19.3 Å². The second kappa shape index (κ2) is 7.55. The Balaban J connectivity index is 1.61. The molecule has 0 atom stereocenters. The molecule has 2 aliphatic heterocycles. The minimum atomic E-state index is -0.406. The second-order valence-corrected chi connectivity index (χ2v) is 9.26. The number of aromatic nitrogens is 1. The SMILES string of the molecule is CSC1=NN2C(=N)/C(=C\c3cc(C)n(-c4cccc5ccccc45)c3C)C(=O)N=C2S1. The van der Waals surface area contributed by atoms with E-state index in [0.717, 1.165) is 32.4 Å². The van der Waals surface area contributed by atoms with E-state index in [0.29, 0.717) is 5.17 Å². The Hall–Kier alpha value is -3.10. The molecule has 31 heavy (non-hydrogen) atoms. The molecule has 6 nitrogen and oxygen atoms in total. The lowest BCUT2D eigenvalue weighted by molar-refractivity contribution is -0.114. The molecule has 0 spiro atoms. The first-order valence-electron chi connectivity index (χ1n) is 9.69. The van der Waals surface area contributed by atoms with Crippen molar-refractivity contribution in [3.63, 3.8) is 0 Å². The molecule has 1 aromatic heterocycles. The third-order valence-corrected chi connectivity index (χ3v) is 7.27.